The normalized spacial score (nSPS) is 12.5. The topological polar surface area (TPSA) is 73.2 Å². The number of halogens is 1. The SMILES string of the molecule is COc1ccccc1-n1c(SCC(=O)Nc2cccc(Cl)c2)nc2c(c1=O)SCC2. The number of hydrogen-bond acceptors (Lipinski definition) is 6. The lowest BCUT2D eigenvalue weighted by Crippen LogP contribution is -2.25. The lowest BCUT2D eigenvalue weighted by atomic mass is 10.2. The third-order valence-corrected chi connectivity index (χ3v) is 6.71. The van der Waals surface area contributed by atoms with Gasteiger partial charge in [0.2, 0.25) is 5.91 Å². The largest absolute Gasteiger partial charge is 0.495 e. The predicted molar refractivity (Wildman–Crippen MR) is 122 cm³/mol. The van der Waals surface area contributed by atoms with Gasteiger partial charge in [0.05, 0.1) is 29.1 Å². The van der Waals surface area contributed by atoms with Gasteiger partial charge >= 0.3 is 0 Å². The smallest absolute Gasteiger partial charge is 0.272 e. The Bertz CT molecular complexity index is 1170. The van der Waals surface area contributed by atoms with Crippen LogP contribution in [0.15, 0.2) is 63.4 Å². The van der Waals surface area contributed by atoms with Crippen molar-refractivity contribution < 1.29 is 9.53 Å². The molecule has 0 spiro atoms. The lowest BCUT2D eigenvalue weighted by Gasteiger charge is -2.16. The molecule has 0 saturated carbocycles. The third-order valence-electron chi connectivity index (χ3n) is 4.43. The summed E-state index contributed by atoms with van der Waals surface area (Å²) in [5.74, 6) is 1.28. The van der Waals surface area contributed by atoms with Crippen LogP contribution in [0.2, 0.25) is 5.02 Å². The minimum atomic E-state index is -0.210. The van der Waals surface area contributed by atoms with Gasteiger partial charge in [-0.05, 0) is 30.3 Å². The molecule has 9 heteroatoms. The number of thioether (sulfide) groups is 2. The van der Waals surface area contributed by atoms with Crippen molar-refractivity contribution in [1.82, 2.24) is 9.55 Å². The van der Waals surface area contributed by atoms with Crippen molar-refractivity contribution >= 4 is 46.7 Å². The number of carbonyl (C=O) groups excluding carboxylic acids is 1. The number of nitrogens with one attached hydrogen (secondary N) is 1. The van der Waals surface area contributed by atoms with E-state index in [0.717, 1.165) is 17.9 Å². The van der Waals surface area contributed by atoms with Crippen molar-refractivity contribution in [2.75, 3.05) is 23.9 Å². The number of aryl methyl sites for hydroxylation is 1. The molecule has 4 rings (SSSR count). The zero-order valence-corrected chi connectivity index (χ0v) is 18.4. The molecule has 0 bridgehead atoms. The molecule has 0 aliphatic carbocycles. The first-order valence-electron chi connectivity index (χ1n) is 9.17. The van der Waals surface area contributed by atoms with Crippen LogP contribution in [0.25, 0.3) is 5.69 Å². The molecule has 0 atom stereocenters. The maximum atomic E-state index is 13.2. The van der Waals surface area contributed by atoms with Crippen molar-refractivity contribution in [3.05, 3.63) is 69.6 Å². The molecule has 1 N–H and O–H groups in total. The van der Waals surface area contributed by atoms with Crippen molar-refractivity contribution in [2.24, 2.45) is 0 Å². The summed E-state index contributed by atoms with van der Waals surface area (Å²) in [6.07, 6.45) is 0.740. The summed E-state index contributed by atoms with van der Waals surface area (Å²) in [7, 11) is 1.56. The average molecular weight is 460 g/mol. The van der Waals surface area contributed by atoms with E-state index in [2.05, 4.69) is 5.32 Å². The molecule has 0 fully saturated rings. The van der Waals surface area contributed by atoms with E-state index < -0.39 is 0 Å². The van der Waals surface area contributed by atoms with Crippen LogP contribution in [0, 0.1) is 0 Å². The Balaban J connectivity index is 1.65. The highest BCUT2D eigenvalue weighted by molar-refractivity contribution is 8.00. The molecule has 2 aromatic carbocycles. The van der Waals surface area contributed by atoms with Gasteiger partial charge in [-0.15, -0.1) is 11.8 Å². The maximum Gasteiger partial charge on any atom is 0.272 e. The monoisotopic (exact) mass is 459 g/mol. The van der Waals surface area contributed by atoms with Gasteiger partial charge in [-0.1, -0.05) is 41.6 Å². The fourth-order valence-electron chi connectivity index (χ4n) is 3.11. The fourth-order valence-corrected chi connectivity index (χ4v) is 5.15. The van der Waals surface area contributed by atoms with E-state index in [0.29, 0.717) is 32.2 Å². The molecular formula is C21H18ClN3O3S2. The van der Waals surface area contributed by atoms with Gasteiger partial charge in [0.1, 0.15) is 5.75 Å². The number of anilines is 1. The predicted octanol–water partition coefficient (Wildman–Crippen LogP) is 4.27. The number of methoxy groups -OCH3 is 1. The molecular weight excluding hydrogens is 442 g/mol. The van der Waals surface area contributed by atoms with Crippen LogP contribution in [0.1, 0.15) is 5.69 Å². The summed E-state index contributed by atoms with van der Waals surface area (Å²) in [4.78, 5) is 31.1. The van der Waals surface area contributed by atoms with E-state index >= 15 is 0 Å². The number of ether oxygens (including phenoxy) is 1. The van der Waals surface area contributed by atoms with Gasteiger partial charge in [0.15, 0.2) is 5.16 Å². The highest BCUT2D eigenvalue weighted by Gasteiger charge is 2.24. The van der Waals surface area contributed by atoms with Crippen LogP contribution >= 0.6 is 35.1 Å². The number of hydrogen-bond donors (Lipinski definition) is 1. The quantitative estimate of drug-likeness (QED) is 0.438. The molecule has 1 aromatic heterocycles. The zero-order chi connectivity index (χ0) is 21.1. The fraction of sp³-hybridized carbons (Fsp3) is 0.190. The van der Waals surface area contributed by atoms with Crippen LogP contribution in [0.4, 0.5) is 5.69 Å². The molecule has 0 saturated heterocycles. The van der Waals surface area contributed by atoms with E-state index in [-0.39, 0.29) is 17.2 Å². The number of rotatable bonds is 6. The van der Waals surface area contributed by atoms with Crippen LogP contribution in [0.3, 0.4) is 0 Å². The molecule has 154 valence electrons. The summed E-state index contributed by atoms with van der Waals surface area (Å²) < 4.78 is 6.98. The Morgan fingerprint density at radius 2 is 2.13 bits per heavy atom. The van der Waals surface area contributed by atoms with Crippen LogP contribution < -0.4 is 15.6 Å². The lowest BCUT2D eigenvalue weighted by molar-refractivity contribution is -0.113. The minimum Gasteiger partial charge on any atom is -0.495 e. The first-order chi connectivity index (χ1) is 14.6. The highest BCUT2D eigenvalue weighted by Crippen LogP contribution is 2.32. The molecule has 0 unspecified atom stereocenters. The standard InChI is InChI=1S/C21H18ClN3O3S2/c1-28-17-8-3-2-7-16(17)25-20(27)19-15(9-10-29-19)24-21(25)30-12-18(26)23-14-6-4-5-13(22)11-14/h2-8,11H,9-10,12H2,1H3,(H,23,26). The van der Waals surface area contributed by atoms with Crippen molar-refractivity contribution in [3.63, 3.8) is 0 Å². The molecule has 3 aromatic rings. The minimum absolute atomic E-state index is 0.0973. The van der Waals surface area contributed by atoms with Crippen molar-refractivity contribution in [2.45, 2.75) is 16.5 Å². The molecule has 1 aliphatic heterocycles. The van der Waals surface area contributed by atoms with E-state index in [1.165, 1.54) is 28.1 Å². The number of amides is 1. The number of para-hydroxylation sites is 2. The molecule has 1 aliphatic rings. The number of fused-ring (bicyclic) bond motifs is 1. The number of nitrogens with zero attached hydrogens (tertiary/aromatic N) is 2. The van der Waals surface area contributed by atoms with Crippen molar-refractivity contribution in [3.8, 4) is 11.4 Å². The first kappa shape index (κ1) is 20.8. The summed E-state index contributed by atoms with van der Waals surface area (Å²) in [5, 5.41) is 3.82. The number of benzene rings is 2. The zero-order valence-electron chi connectivity index (χ0n) is 16.1. The molecule has 6 nitrogen and oxygen atoms in total. The maximum absolute atomic E-state index is 13.2. The van der Waals surface area contributed by atoms with Gasteiger partial charge < -0.3 is 10.1 Å². The second-order valence-corrected chi connectivity index (χ2v) is 8.91. The Labute approximate surface area is 187 Å². The first-order valence-corrected chi connectivity index (χ1v) is 11.5. The van der Waals surface area contributed by atoms with E-state index in [4.69, 9.17) is 21.3 Å². The molecule has 0 radical (unpaired) electrons. The number of aromatic nitrogens is 2. The summed E-state index contributed by atoms with van der Waals surface area (Å²) in [6.45, 7) is 0. The van der Waals surface area contributed by atoms with Crippen LogP contribution in [-0.4, -0.2) is 34.1 Å². The Hall–Kier alpha value is -2.42. The number of carbonyl (C=O) groups is 1. The third kappa shape index (κ3) is 4.35. The summed E-state index contributed by atoms with van der Waals surface area (Å²) >= 11 is 8.70. The Morgan fingerprint density at radius 1 is 1.30 bits per heavy atom. The summed E-state index contributed by atoms with van der Waals surface area (Å²) in [5.41, 5.74) is 1.87. The summed E-state index contributed by atoms with van der Waals surface area (Å²) in [6, 6.07) is 14.2. The van der Waals surface area contributed by atoms with E-state index in [9.17, 15) is 9.59 Å². The van der Waals surface area contributed by atoms with Gasteiger partial charge in [0, 0.05) is 22.9 Å². The van der Waals surface area contributed by atoms with Gasteiger partial charge in [-0.3, -0.25) is 14.2 Å². The molecule has 2 heterocycles. The van der Waals surface area contributed by atoms with Crippen LogP contribution in [-0.2, 0) is 11.2 Å². The molecule has 1 amide bonds. The van der Waals surface area contributed by atoms with Crippen molar-refractivity contribution in [1.29, 1.82) is 0 Å². The van der Waals surface area contributed by atoms with Gasteiger partial charge in [0.25, 0.3) is 5.56 Å². The average Bonchev–Trinajstić information content (AvgIpc) is 3.21. The second-order valence-electron chi connectivity index (χ2n) is 6.43. The van der Waals surface area contributed by atoms with Crippen LogP contribution in [0.5, 0.6) is 5.75 Å². The Morgan fingerprint density at radius 3 is 2.93 bits per heavy atom. The van der Waals surface area contributed by atoms with E-state index in [1.54, 1.807) is 37.4 Å². The second kappa shape index (κ2) is 9.16. The highest BCUT2D eigenvalue weighted by atomic mass is 35.5. The Kier molecular flexibility index (Phi) is 6.36. The van der Waals surface area contributed by atoms with E-state index in [1.807, 2.05) is 18.2 Å². The molecule has 30 heavy (non-hydrogen) atoms. The van der Waals surface area contributed by atoms with Gasteiger partial charge in [-0.2, -0.15) is 0 Å². The van der Waals surface area contributed by atoms with Gasteiger partial charge in [-0.25, -0.2) is 4.98 Å².